The molecule has 1 nitrogen and oxygen atoms in total. The molecule has 0 spiro atoms. The van der Waals surface area contributed by atoms with E-state index >= 15 is 0 Å². The summed E-state index contributed by atoms with van der Waals surface area (Å²) in [4.78, 5) is 0. The predicted molar refractivity (Wildman–Crippen MR) is 85.2 cm³/mol. The highest BCUT2D eigenvalue weighted by atomic mass is 79.9. The Morgan fingerprint density at radius 1 is 1.00 bits per heavy atom. The van der Waals surface area contributed by atoms with Crippen LogP contribution in [0.3, 0.4) is 0 Å². The minimum atomic E-state index is -0.486. The lowest BCUT2D eigenvalue weighted by Crippen LogP contribution is -2.31. The van der Waals surface area contributed by atoms with Crippen LogP contribution in [0.2, 0.25) is 0 Å². The van der Waals surface area contributed by atoms with Crippen molar-refractivity contribution in [2.45, 2.75) is 32.4 Å². The van der Waals surface area contributed by atoms with Crippen LogP contribution in [0, 0.1) is 11.6 Å². The van der Waals surface area contributed by atoms with Gasteiger partial charge in [-0.15, -0.1) is 0 Å². The number of nitrogens with one attached hydrogen (secondary N) is 1. The van der Waals surface area contributed by atoms with Gasteiger partial charge in [0.05, 0.1) is 0 Å². The quantitative estimate of drug-likeness (QED) is 0.796. The molecule has 112 valence electrons. The smallest absolute Gasteiger partial charge is 0.129 e. The van der Waals surface area contributed by atoms with Gasteiger partial charge < -0.3 is 5.32 Å². The highest BCUT2D eigenvalue weighted by molar-refractivity contribution is 9.10. The summed E-state index contributed by atoms with van der Waals surface area (Å²) >= 11 is 3.40. The van der Waals surface area contributed by atoms with E-state index in [-0.39, 0.29) is 17.6 Å². The van der Waals surface area contributed by atoms with Gasteiger partial charge >= 0.3 is 0 Å². The van der Waals surface area contributed by atoms with Gasteiger partial charge in [0.25, 0.3) is 0 Å². The molecule has 21 heavy (non-hydrogen) atoms. The lowest BCUT2D eigenvalue weighted by Gasteiger charge is -2.21. The van der Waals surface area contributed by atoms with Crippen molar-refractivity contribution in [3.63, 3.8) is 0 Å². The minimum absolute atomic E-state index is 0.0324. The van der Waals surface area contributed by atoms with Crippen LogP contribution in [0.5, 0.6) is 0 Å². The van der Waals surface area contributed by atoms with Crippen molar-refractivity contribution in [2.75, 3.05) is 0 Å². The van der Waals surface area contributed by atoms with Gasteiger partial charge in [-0.25, -0.2) is 8.78 Å². The Morgan fingerprint density at radius 2 is 1.57 bits per heavy atom. The first-order chi connectivity index (χ1) is 9.97. The third-order valence-electron chi connectivity index (χ3n) is 3.48. The van der Waals surface area contributed by atoms with Gasteiger partial charge in [0.15, 0.2) is 0 Å². The third-order valence-corrected chi connectivity index (χ3v) is 4.01. The maximum absolute atomic E-state index is 13.6. The van der Waals surface area contributed by atoms with E-state index in [0.717, 1.165) is 10.0 Å². The fourth-order valence-corrected chi connectivity index (χ4v) is 2.63. The van der Waals surface area contributed by atoms with E-state index in [1.165, 1.54) is 18.2 Å². The van der Waals surface area contributed by atoms with Crippen LogP contribution in [-0.4, -0.2) is 6.04 Å². The zero-order valence-electron chi connectivity index (χ0n) is 12.0. The van der Waals surface area contributed by atoms with E-state index in [0.29, 0.717) is 6.42 Å². The molecule has 0 fully saturated rings. The second-order valence-corrected chi connectivity index (χ2v) is 6.16. The van der Waals surface area contributed by atoms with Crippen molar-refractivity contribution in [3.05, 3.63) is 69.7 Å². The molecular weight excluding hydrogens is 336 g/mol. The zero-order chi connectivity index (χ0) is 15.4. The molecule has 4 heteroatoms. The van der Waals surface area contributed by atoms with Crippen LogP contribution >= 0.6 is 15.9 Å². The van der Waals surface area contributed by atoms with E-state index in [2.05, 4.69) is 21.2 Å². The summed E-state index contributed by atoms with van der Waals surface area (Å²) in [5, 5.41) is 3.37. The summed E-state index contributed by atoms with van der Waals surface area (Å²) in [5.74, 6) is -0.972. The van der Waals surface area contributed by atoms with Gasteiger partial charge in [0.1, 0.15) is 11.6 Å². The first kappa shape index (κ1) is 16.1. The fraction of sp³-hybridized carbons (Fsp3) is 0.294. The van der Waals surface area contributed by atoms with Crippen LogP contribution in [-0.2, 0) is 6.42 Å². The van der Waals surface area contributed by atoms with Crippen molar-refractivity contribution < 1.29 is 8.78 Å². The maximum atomic E-state index is 13.6. The fourth-order valence-electron chi connectivity index (χ4n) is 2.37. The second-order valence-electron chi connectivity index (χ2n) is 5.25. The number of rotatable bonds is 5. The van der Waals surface area contributed by atoms with Gasteiger partial charge in [0, 0.05) is 22.1 Å². The highest BCUT2D eigenvalue weighted by Gasteiger charge is 2.14. The van der Waals surface area contributed by atoms with Crippen LogP contribution in [0.1, 0.15) is 31.0 Å². The normalized spacial score (nSPS) is 14.0. The third kappa shape index (κ3) is 4.35. The standard InChI is InChI=1S/C17H18BrF2N/c1-11(10-15-16(19)4-3-5-17(15)20)21-12(2)13-6-8-14(18)9-7-13/h3-9,11-12,21H,10H2,1-2H3. The summed E-state index contributed by atoms with van der Waals surface area (Å²) < 4.78 is 28.3. The van der Waals surface area contributed by atoms with Crippen molar-refractivity contribution >= 4 is 15.9 Å². The molecule has 0 aliphatic carbocycles. The molecule has 1 N–H and O–H groups in total. The van der Waals surface area contributed by atoms with E-state index in [9.17, 15) is 8.78 Å². The molecule has 0 heterocycles. The van der Waals surface area contributed by atoms with Crippen LogP contribution < -0.4 is 5.32 Å². The number of hydrogen-bond acceptors (Lipinski definition) is 1. The molecular formula is C17H18BrF2N. The van der Waals surface area contributed by atoms with Crippen molar-refractivity contribution in [1.29, 1.82) is 0 Å². The monoisotopic (exact) mass is 353 g/mol. The molecule has 2 unspecified atom stereocenters. The van der Waals surface area contributed by atoms with E-state index in [1.54, 1.807) is 0 Å². The van der Waals surface area contributed by atoms with Gasteiger partial charge in [-0.3, -0.25) is 0 Å². The summed E-state index contributed by atoms with van der Waals surface area (Å²) in [6.45, 7) is 3.97. The number of benzene rings is 2. The molecule has 0 radical (unpaired) electrons. The Balaban J connectivity index is 2.01. The van der Waals surface area contributed by atoms with Crippen molar-refractivity contribution in [3.8, 4) is 0 Å². The van der Waals surface area contributed by atoms with E-state index in [1.807, 2.05) is 38.1 Å². The Labute approximate surface area is 132 Å². The van der Waals surface area contributed by atoms with Gasteiger partial charge in [-0.1, -0.05) is 34.1 Å². The molecule has 0 amide bonds. The molecule has 0 bridgehead atoms. The Kier molecular flexibility index (Phi) is 5.48. The first-order valence-corrected chi connectivity index (χ1v) is 7.71. The second kappa shape index (κ2) is 7.14. The topological polar surface area (TPSA) is 12.0 Å². The molecule has 2 atom stereocenters. The molecule has 0 saturated carbocycles. The summed E-state index contributed by atoms with van der Waals surface area (Å²) in [6, 6.07) is 12.1. The molecule has 2 rings (SSSR count). The molecule has 2 aromatic rings. The lowest BCUT2D eigenvalue weighted by molar-refractivity contribution is 0.457. The Bertz CT molecular complexity index is 578. The summed E-state index contributed by atoms with van der Waals surface area (Å²) in [5.41, 5.74) is 1.28. The number of hydrogen-bond donors (Lipinski definition) is 1. The van der Waals surface area contributed by atoms with Crippen LogP contribution in [0.15, 0.2) is 46.9 Å². The largest absolute Gasteiger partial charge is 0.307 e. The van der Waals surface area contributed by atoms with Crippen molar-refractivity contribution in [2.24, 2.45) is 0 Å². The number of halogens is 3. The van der Waals surface area contributed by atoms with Crippen LogP contribution in [0.25, 0.3) is 0 Å². The highest BCUT2D eigenvalue weighted by Crippen LogP contribution is 2.19. The van der Waals surface area contributed by atoms with Gasteiger partial charge in [-0.05, 0) is 50.1 Å². The summed E-state index contributed by atoms with van der Waals surface area (Å²) in [6.07, 6.45) is 0.319. The summed E-state index contributed by atoms with van der Waals surface area (Å²) in [7, 11) is 0. The Morgan fingerprint density at radius 3 is 2.14 bits per heavy atom. The molecule has 2 aromatic carbocycles. The molecule has 0 aliphatic heterocycles. The SMILES string of the molecule is CC(Cc1c(F)cccc1F)NC(C)c1ccc(Br)cc1. The van der Waals surface area contributed by atoms with Gasteiger partial charge in [-0.2, -0.15) is 0 Å². The van der Waals surface area contributed by atoms with Crippen LogP contribution in [0.4, 0.5) is 8.78 Å². The lowest BCUT2D eigenvalue weighted by atomic mass is 10.0. The Hall–Kier alpha value is -1.26. The van der Waals surface area contributed by atoms with Gasteiger partial charge in [0.2, 0.25) is 0 Å². The predicted octanol–water partition coefficient (Wildman–Crippen LogP) is 5.01. The zero-order valence-corrected chi connectivity index (χ0v) is 13.6. The average molecular weight is 354 g/mol. The first-order valence-electron chi connectivity index (χ1n) is 6.91. The maximum Gasteiger partial charge on any atom is 0.129 e. The molecule has 0 aromatic heterocycles. The average Bonchev–Trinajstić information content (AvgIpc) is 2.43. The van der Waals surface area contributed by atoms with E-state index in [4.69, 9.17) is 0 Å². The molecule has 0 aliphatic rings. The minimum Gasteiger partial charge on any atom is -0.307 e. The van der Waals surface area contributed by atoms with E-state index < -0.39 is 11.6 Å². The molecule has 0 saturated heterocycles. The van der Waals surface area contributed by atoms with Crippen molar-refractivity contribution in [1.82, 2.24) is 5.32 Å².